The molecule has 0 radical (unpaired) electrons. The zero-order chi connectivity index (χ0) is 11.9. The van der Waals surface area contributed by atoms with Gasteiger partial charge in [0.1, 0.15) is 5.69 Å². The molecule has 4 nitrogen and oxygen atoms in total. The summed E-state index contributed by atoms with van der Waals surface area (Å²) in [5.41, 5.74) is 5.99. The van der Waals surface area contributed by atoms with Crippen molar-refractivity contribution in [3.8, 4) is 0 Å². The van der Waals surface area contributed by atoms with Crippen LogP contribution < -0.4 is 11.1 Å². The highest BCUT2D eigenvalue weighted by Crippen LogP contribution is 2.50. The number of nitrogens with one attached hydrogen (secondary N) is 1. The van der Waals surface area contributed by atoms with Gasteiger partial charge in [0.25, 0.3) is 5.92 Å². The van der Waals surface area contributed by atoms with Gasteiger partial charge in [0.05, 0.1) is 5.69 Å². The molecule has 6 heteroatoms. The third-order valence-electron chi connectivity index (χ3n) is 2.91. The van der Waals surface area contributed by atoms with Crippen molar-refractivity contribution in [2.24, 2.45) is 5.92 Å². The minimum Gasteiger partial charge on any atom is -0.395 e. The van der Waals surface area contributed by atoms with Crippen molar-refractivity contribution in [2.45, 2.75) is 25.7 Å². The minimum atomic E-state index is -2.91. The fourth-order valence-electron chi connectivity index (χ4n) is 1.67. The van der Waals surface area contributed by atoms with E-state index in [2.05, 4.69) is 15.5 Å². The molecule has 0 amide bonds. The van der Waals surface area contributed by atoms with Gasteiger partial charge in [0, 0.05) is 18.5 Å². The lowest BCUT2D eigenvalue weighted by atomic mass is 10.1. The molecule has 1 aromatic rings. The standard InChI is InChI=1S/C10H14F2N4/c1-5-7(13)9(14-2)16-15-8(5)10(11,12)6-3-4-6/h6H,3-4H2,1-2H3,(H2,13,15)(H,14,16). The zero-order valence-electron chi connectivity index (χ0n) is 9.22. The Bertz CT molecular complexity index is 416. The van der Waals surface area contributed by atoms with E-state index in [1.165, 1.54) is 0 Å². The molecule has 16 heavy (non-hydrogen) atoms. The van der Waals surface area contributed by atoms with E-state index in [0.717, 1.165) is 0 Å². The Kier molecular flexibility index (Phi) is 2.44. The van der Waals surface area contributed by atoms with Gasteiger partial charge in [-0.15, -0.1) is 10.2 Å². The van der Waals surface area contributed by atoms with Crippen LogP contribution in [0, 0.1) is 12.8 Å². The van der Waals surface area contributed by atoms with Crippen molar-refractivity contribution < 1.29 is 8.78 Å². The van der Waals surface area contributed by atoms with Gasteiger partial charge in [-0.3, -0.25) is 0 Å². The Balaban J connectivity index is 2.46. The Morgan fingerprint density at radius 1 is 1.38 bits per heavy atom. The van der Waals surface area contributed by atoms with Gasteiger partial charge in [0.2, 0.25) is 0 Å². The second kappa shape index (κ2) is 3.54. The summed E-state index contributed by atoms with van der Waals surface area (Å²) >= 11 is 0. The number of aromatic nitrogens is 2. The zero-order valence-corrected chi connectivity index (χ0v) is 9.22. The lowest BCUT2D eigenvalue weighted by Crippen LogP contribution is -2.22. The van der Waals surface area contributed by atoms with Gasteiger partial charge >= 0.3 is 0 Å². The van der Waals surface area contributed by atoms with Gasteiger partial charge in [-0.25, -0.2) is 0 Å². The average Bonchev–Trinajstić information content (AvgIpc) is 3.05. The van der Waals surface area contributed by atoms with Crippen LogP contribution in [-0.2, 0) is 5.92 Å². The number of halogens is 2. The summed E-state index contributed by atoms with van der Waals surface area (Å²) < 4.78 is 27.7. The second-order valence-electron chi connectivity index (χ2n) is 4.08. The summed E-state index contributed by atoms with van der Waals surface area (Å²) in [6.45, 7) is 1.55. The van der Waals surface area contributed by atoms with Gasteiger partial charge in [-0.2, -0.15) is 8.78 Å². The molecule has 0 saturated heterocycles. The van der Waals surface area contributed by atoms with Crippen molar-refractivity contribution in [3.05, 3.63) is 11.3 Å². The predicted octanol–water partition coefficient (Wildman–Crippen LogP) is 1.91. The summed E-state index contributed by atoms with van der Waals surface area (Å²) in [7, 11) is 1.62. The molecule has 3 N–H and O–H groups in total. The molecule has 0 spiro atoms. The third-order valence-corrected chi connectivity index (χ3v) is 2.91. The molecule has 2 rings (SSSR count). The van der Waals surface area contributed by atoms with Crippen molar-refractivity contribution in [2.75, 3.05) is 18.1 Å². The first-order chi connectivity index (χ1) is 7.48. The second-order valence-corrected chi connectivity index (χ2v) is 4.08. The Hall–Kier alpha value is -1.46. The summed E-state index contributed by atoms with van der Waals surface area (Å²) in [4.78, 5) is 0. The first kappa shape index (κ1) is 11.0. The van der Waals surface area contributed by atoms with Crippen LogP contribution in [0.1, 0.15) is 24.1 Å². The van der Waals surface area contributed by atoms with Crippen LogP contribution in [0.4, 0.5) is 20.3 Å². The molecule has 1 aliphatic carbocycles. The number of hydrogen-bond donors (Lipinski definition) is 2. The van der Waals surface area contributed by atoms with E-state index in [1.807, 2.05) is 0 Å². The minimum absolute atomic E-state index is 0.243. The highest BCUT2D eigenvalue weighted by Gasteiger charge is 2.50. The van der Waals surface area contributed by atoms with E-state index in [-0.39, 0.29) is 11.4 Å². The quantitative estimate of drug-likeness (QED) is 0.829. The Morgan fingerprint density at radius 3 is 2.50 bits per heavy atom. The number of nitrogens with two attached hydrogens (primary N) is 1. The van der Waals surface area contributed by atoms with E-state index in [0.29, 0.717) is 24.2 Å². The summed E-state index contributed by atoms with van der Waals surface area (Å²) in [6.07, 6.45) is 1.09. The normalized spacial score (nSPS) is 16.2. The first-order valence-corrected chi connectivity index (χ1v) is 5.17. The topological polar surface area (TPSA) is 63.8 Å². The van der Waals surface area contributed by atoms with Gasteiger partial charge < -0.3 is 11.1 Å². The Labute approximate surface area is 92.2 Å². The predicted molar refractivity (Wildman–Crippen MR) is 57.3 cm³/mol. The molecule has 88 valence electrons. The third kappa shape index (κ3) is 1.58. The van der Waals surface area contributed by atoms with E-state index in [1.54, 1.807) is 14.0 Å². The lowest BCUT2D eigenvalue weighted by Gasteiger charge is -2.18. The molecule has 0 unspecified atom stereocenters. The number of anilines is 2. The SMILES string of the molecule is CNc1nnc(C(F)(F)C2CC2)c(C)c1N. The van der Waals surface area contributed by atoms with Crippen molar-refractivity contribution >= 4 is 11.5 Å². The highest BCUT2D eigenvalue weighted by molar-refractivity contribution is 5.65. The van der Waals surface area contributed by atoms with Crippen molar-refractivity contribution in [3.63, 3.8) is 0 Å². The van der Waals surface area contributed by atoms with Gasteiger partial charge in [0.15, 0.2) is 5.82 Å². The van der Waals surface area contributed by atoms with E-state index >= 15 is 0 Å². The molecule has 1 aliphatic rings. The molecule has 0 aromatic carbocycles. The number of nitrogen functional groups attached to an aromatic ring is 1. The summed E-state index contributed by atoms with van der Waals surface area (Å²) in [5.74, 6) is -3.16. The van der Waals surface area contributed by atoms with E-state index < -0.39 is 11.8 Å². The Morgan fingerprint density at radius 2 is 2.00 bits per heavy atom. The number of nitrogens with zero attached hydrogens (tertiary/aromatic N) is 2. The van der Waals surface area contributed by atoms with Crippen LogP contribution in [0.25, 0.3) is 0 Å². The molecule has 0 bridgehead atoms. The van der Waals surface area contributed by atoms with Gasteiger partial charge in [-0.1, -0.05) is 0 Å². The van der Waals surface area contributed by atoms with Crippen LogP contribution in [0.5, 0.6) is 0 Å². The van der Waals surface area contributed by atoms with Crippen LogP contribution in [0.3, 0.4) is 0 Å². The smallest absolute Gasteiger partial charge is 0.294 e. The highest BCUT2D eigenvalue weighted by atomic mass is 19.3. The van der Waals surface area contributed by atoms with Crippen molar-refractivity contribution in [1.82, 2.24) is 10.2 Å². The lowest BCUT2D eigenvalue weighted by molar-refractivity contribution is -0.0342. The molecule has 1 fully saturated rings. The maximum atomic E-state index is 13.8. The molecular weight excluding hydrogens is 214 g/mol. The molecular formula is C10H14F2N4. The first-order valence-electron chi connectivity index (χ1n) is 5.17. The van der Waals surface area contributed by atoms with E-state index in [4.69, 9.17) is 5.73 Å². The molecule has 1 heterocycles. The molecule has 0 aliphatic heterocycles. The monoisotopic (exact) mass is 228 g/mol. The largest absolute Gasteiger partial charge is 0.395 e. The maximum Gasteiger partial charge on any atom is 0.294 e. The number of hydrogen-bond acceptors (Lipinski definition) is 4. The number of alkyl halides is 2. The maximum absolute atomic E-state index is 13.8. The van der Waals surface area contributed by atoms with Crippen LogP contribution in [0.2, 0.25) is 0 Å². The fraction of sp³-hybridized carbons (Fsp3) is 0.600. The molecule has 1 aromatic heterocycles. The van der Waals surface area contributed by atoms with E-state index in [9.17, 15) is 8.78 Å². The van der Waals surface area contributed by atoms with Crippen molar-refractivity contribution in [1.29, 1.82) is 0 Å². The summed E-state index contributed by atoms with van der Waals surface area (Å²) in [6, 6.07) is 0. The fourth-order valence-corrected chi connectivity index (χ4v) is 1.67. The summed E-state index contributed by atoms with van der Waals surface area (Å²) in [5, 5.41) is 9.98. The number of rotatable bonds is 3. The average molecular weight is 228 g/mol. The van der Waals surface area contributed by atoms with Crippen LogP contribution in [-0.4, -0.2) is 17.2 Å². The van der Waals surface area contributed by atoms with Crippen LogP contribution in [0.15, 0.2) is 0 Å². The molecule has 1 saturated carbocycles. The van der Waals surface area contributed by atoms with Gasteiger partial charge in [-0.05, 0) is 19.8 Å². The molecule has 0 atom stereocenters. The van der Waals surface area contributed by atoms with Crippen LogP contribution >= 0.6 is 0 Å².